The zero-order valence-corrected chi connectivity index (χ0v) is 12.6. The lowest BCUT2D eigenvalue weighted by Crippen LogP contribution is -2.30. The fourth-order valence-corrected chi connectivity index (χ4v) is 2.11. The summed E-state index contributed by atoms with van der Waals surface area (Å²) >= 11 is 0. The second kappa shape index (κ2) is 7.13. The highest BCUT2D eigenvalue weighted by atomic mass is 19.4. The molecule has 2 rings (SSSR count). The normalized spacial score (nSPS) is 13.6. The van der Waals surface area contributed by atoms with Gasteiger partial charge >= 0.3 is 6.18 Å². The maximum Gasteiger partial charge on any atom is 0.419 e. The average molecular weight is 334 g/mol. The van der Waals surface area contributed by atoms with Crippen molar-refractivity contribution >= 4 is 5.78 Å². The Morgan fingerprint density at radius 1 is 1.21 bits per heavy atom. The summed E-state index contributed by atoms with van der Waals surface area (Å²) in [4.78, 5) is 16.3. The van der Waals surface area contributed by atoms with Gasteiger partial charge in [0, 0.05) is 6.20 Å². The lowest BCUT2D eigenvalue weighted by Gasteiger charge is -2.19. The molecule has 0 amide bonds. The lowest BCUT2D eigenvalue weighted by atomic mass is 9.97. The third-order valence-corrected chi connectivity index (χ3v) is 3.29. The van der Waals surface area contributed by atoms with Crippen molar-refractivity contribution in [1.29, 1.82) is 5.26 Å². The number of aromatic nitrogens is 1. The summed E-state index contributed by atoms with van der Waals surface area (Å²) in [5, 5.41) is 9.20. The lowest BCUT2D eigenvalue weighted by molar-refractivity contribution is -0.140. The minimum Gasteiger partial charge on any atom is -0.482 e. The molecule has 24 heavy (non-hydrogen) atoms. The molecule has 4 nitrogen and oxygen atoms in total. The first-order chi connectivity index (χ1) is 11.3. The van der Waals surface area contributed by atoms with Crippen molar-refractivity contribution in [3.8, 4) is 11.8 Å². The number of hydrogen-bond donors (Lipinski definition) is 0. The van der Waals surface area contributed by atoms with Gasteiger partial charge in [-0.3, -0.25) is 9.78 Å². The predicted octanol–water partition coefficient (Wildman–Crippen LogP) is 3.74. The Kier molecular flexibility index (Phi) is 5.19. The molecule has 1 aromatic carbocycles. The molecular weight excluding hydrogens is 321 g/mol. The van der Waals surface area contributed by atoms with Crippen LogP contribution in [0.3, 0.4) is 0 Å². The minimum absolute atomic E-state index is 0.226. The second-order valence-corrected chi connectivity index (χ2v) is 4.97. The maximum absolute atomic E-state index is 13.0. The molecule has 124 valence electrons. The van der Waals surface area contributed by atoms with Crippen LogP contribution in [-0.2, 0) is 11.0 Å². The van der Waals surface area contributed by atoms with Gasteiger partial charge in [0.1, 0.15) is 5.75 Å². The molecule has 1 aromatic heterocycles. The highest BCUT2D eigenvalue weighted by molar-refractivity contribution is 5.91. The number of halogens is 3. The van der Waals surface area contributed by atoms with Gasteiger partial charge in [-0.15, -0.1) is 0 Å². The van der Waals surface area contributed by atoms with Crippen LogP contribution in [0.5, 0.6) is 5.75 Å². The zero-order chi connectivity index (χ0) is 17.7. The summed E-state index contributed by atoms with van der Waals surface area (Å²) < 4.78 is 44.1. The van der Waals surface area contributed by atoms with E-state index >= 15 is 0 Å². The maximum atomic E-state index is 13.0. The molecule has 0 N–H and O–H groups in total. The number of nitriles is 1. The fourth-order valence-electron chi connectivity index (χ4n) is 2.11. The van der Waals surface area contributed by atoms with E-state index in [9.17, 15) is 23.2 Å². The number of rotatable bonds is 5. The van der Waals surface area contributed by atoms with E-state index in [1.807, 2.05) is 6.07 Å². The van der Waals surface area contributed by atoms with Gasteiger partial charge < -0.3 is 4.74 Å². The van der Waals surface area contributed by atoms with Crippen LogP contribution in [0.1, 0.15) is 24.1 Å². The van der Waals surface area contributed by atoms with Crippen molar-refractivity contribution in [3.05, 3.63) is 59.9 Å². The van der Waals surface area contributed by atoms with Crippen LogP contribution in [0.2, 0.25) is 0 Å². The molecule has 0 unspecified atom stereocenters. The molecule has 0 bridgehead atoms. The van der Waals surface area contributed by atoms with Crippen LogP contribution < -0.4 is 4.74 Å². The number of carbonyl (C=O) groups excluding carboxylic acids is 1. The summed E-state index contributed by atoms with van der Waals surface area (Å²) in [7, 11) is 0. The first-order valence-electron chi connectivity index (χ1n) is 7.01. The molecule has 0 aliphatic heterocycles. The van der Waals surface area contributed by atoms with Crippen molar-refractivity contribution in [2.45, 2.75) is 25.1 Å². The molecule has 0 saturated carbocycles. The van der Waals surface area contributed by atoms with E-state index in [-0.39, 0.29) is 5.69 Å². The summed E-state index contributed by atoms with van der Waals surface area (Å²) in [5.74, 6) is -2.32. The van der Waals surface area contributed by atoms with Crippen molar-refractivity contribution in [2.75, 3.05) is 0 Å². The number of alkyl halides is 3. The van der Waals surface area contributed by atoms with E-state index < -0.39 is 35.3 Å². The van der Waals surface area contributed by atoms with Gasteiger partial charge in [0.15, 0.2) is 17.8 Å². The van der Waals surface area contributed by atoms with E-state index in [0.717, 1.165) is 12.1 Å². The first-order valence-corrected chi connectivity index (χ1v) is 7.01. The van der Waals surface area contributed by atoms with Crippen molar-refractivity contribution < 1.29 is 22.7 Å². The number of ether oxygens (including phenoxy) is 1. The molecule has 7 heteroatoms. The number of hydrogen-bond acceptors (Lipinski definition) is 4. The van der Waals surface area contributed by atoms with E-state index in [1.54, 1.807) is 12.1 Å². The van der Waals surface area contributed by atoms with Gasteiger partial charge in [0.25, 0.3) is 0 Å². The molecule has 0 fully saturated rings. The highest BCUT2D eigenvalue weighted by Gasteiger charge is 2.35. The molecule has 2 atom stereocenters. The van der Waals surface area contributed by atoms with Crippen LogP contribution in [0, 0.1) is 11.3 Å². The van der Waals surface area contributed by atoms with Crippen LogP contribution >= 0.6 is 0 Å². The monoisotopic (exact) mass is 334 g/mol. The number of carbonyl (C=O) groups is 1. The van der Waals surface area contributed by atoms with Gasteiger partial charge in [-0.25, -0.2) is 0 Å². The SMILES string of the molecule is C[C@@H](Oc1ccccc1C(F)(F)F)C(=O)[C@H](C#N)c1ccccn1. The van der Waals surface area contributed by atoms with Crippen LogP contribution in [0.4, 0.5) is 13.2 Å². The Morgan fingerprint density at radius 3 is 2.46 bits per heavy atom. The Balaban J connectivity index is 2.23. The Labute approximate surface area is 136 Å². The molecule has 0 aliphatic carbocycles. The standard InChI is InChI=1S/C17H13F3N2O2/c1-11(16(23)12(10-21)14-7-4-5-9-22-14)24-15-8-3-2-6-13(15)17(18,19)20/h2-9,11-12H,1H3/t11-,12-/m1/s1. The summed E-state index contributed by atoms with van der Waals surface area (Å²) in [6, 6.07) is 11.2. The van der Waals surface area contributed by atoms with Crippen molar-refractivity contribution in [3.63, 3.8) is 0 Å². The number of para-hydroxylation sites is 1. The van der Waals surface area contributed by atoms with E-state index in [1.165, 1.54) is 31.3 Å². The summed E-state index contributed by atoms with van der Waals surface area (Å²) in [5.41, 5.74) is -0.749. The quantitative estimate of drug-likeness (QED) is 0.835. The molecular formula is C17H13F3N2O2. The number of Topliss-reactive ketones (excluding diaryl/α,β-unsaturated/α-hetero) is 1. The molecule has 1 heterocycles. The molecule has 0 spiro atoms. The van der Waals surface area contributed by atoms with E-state index in [4.69, 9.17) is 4.74 Å². The molecule has 0 saturated heterocycles. The van der Waals surface area contributed by atoms with Gasteiger partial charge in [-0.05, 0) is 31.2 Å². The van der Waals surface area contributed by atoms with Crippen molar-refractivity contribution in [1.82, 2.24) is 4.98 Å². The average Bonchev–Trinajstić information content (AvgIpc) is 2.56. The van der Waals surface area contributed by atoms with Crippen LogP contribution in [0.15, 0.2) is 48.7 Å². The Bertz CT molecular complexity index is 754. The Morgan fingerprint density at radius 2 is 1.88 bits per heavy atom. The summed E-state index contributed by atoms with van der Waals surface area (Å²) in [6.45, 7) is 1.31. The minimum atomic E-state index is -4.60. The number of pyridine rings is 1. The van der Waals surface area contributed by atoms with Crippen molar-refractivity contribution in [2.24, 2.45) is 0 Å². The molecule has 0 aliphatic rings. The van der Waals surface area contributed by atoms with Crippen LogP contribution in [-0.4, -0.2) is 16.9 Å². The van der Waals surface area contributed by atoms with Gasteiger partial charge in [0.05, 0.1) is 17.3 Å². The fraction of sp³-hybridized carbons (Fsp3) is 0.235. The van der Waals surface area contributed by atoms with Crippen LogP contribution in [0.25, 0.3) is 0 Å². The number of nitrogens with zero attached hydrogens (tertiary/aromatic N) is 2. The summed E-state index contributed by atoms with van der Waals surface area (Å²) in [6.07, 6.45) is -4.41. The van der Waals surface area contributed by atoms with E-state index in [2.05, 4.69) is 4.98 Å². The topological polar surface area (TPSA) is 63.0 Å². The molecule has 2 aromatic rings. The van der Waals surface area contributed by atoms with Gasteiger partial charge in [-0.1, -0.05) is 18.2 Å². The highest BCUT2D eigenvalue weighted by Crippen LogP contribution is 2.36. The second-order valence-electron chi connectivity index (χ2n) is 4.97. The van der Waals surface area contributed by atoms with Gasteiger partial charge in [-0.2, -0.15) is 18.4 Å². The van der Waals surface area contributed by atoms with E-state index in [0.29, 0.717) is 0 Å². The third-order valence-electron chi connectivity index (χ3n) is 3.29. The number of benzene rings is 1. The molecule has 0 radical (unpaired) electrons. The first kappa shape index (κ1) is 17.5. The third kappa shape index (κ3) is 3.90. The number of ketones is 1. The predicted molar refractivity (Wildman–Crippen MR) is 79.1 cm³/mol. The van der Waals surface area contributed by atoms with Gasteiger partial charge in [0.2, 0.25) is 0 Å². The Hall–Kier alpha value is -2.88. The smallest absolute Gasteiger partial charge is 0.419 e. The zero-order valence-electron chi connectivity index (χ0n) is 12.6. The largest absolute Gasteiger partial charge is 0.482 e.